The summed E-state index contributed by atoms with van der Waals surface area (Å²) in [4.78, 5) is 14.1. The van der Waals surface area contributed by atoms with Crippen LogP contribution in [0.5, 0.6) is 0 Å². The fourth-order valence-corrected chi connectivity index (χ4v) is 2.19. The number of rotatable bonds is 4. The van der Waals surface area contributed by atoms with Crippen LogP contribution >= 0.6 is 0 Å². The summed E-state index contributed by atoms with van der Waals surface area (Å²) in [6.45, 7) is 3.94. The molecule has 0 unspecified atom stereocenters. The van der Waals surface area contributed by atoms with Crippen molar-refractivity contribution >= 4 is 11.6 Å². The molecular formula is C14H20N2O. The molecule has 0 aliphatic carbocycles. The number of hydrogen-bond acceptors (Lipinski definition) is 2. The van der Waals surface area contributed by atoms with Crippen LogP contribution in [0, 0.1) is 0 Å². The molecule has 2 rings (SSSR count). The summed E-state index contributed by atoms with van der Waals surface area (Å²) in [6, 6.07) is 6.00. The van der Waals surface area contributed by atoms with Crippen molar-refractivity contribution in [1.82, 2.24) is 5.32 Å². The van der Waals surface area contributed by atoms with E-state index in [2.05, 4.69) is 30.3 Å². The van der Waals surface area contributed by atoms with Gasteiger partial charge in [0.05, 0.1) is 0 Å². The second-order valence-electron chi connectivity index (χ2n) is 4.62. The number of nitrogens with zero attached hydrogens (tertiary/aromatic N) is 1. The first-order valence-corrected chi connectivity index (χ1v) is 6.34. The second kappa shape index (κ2) is 5.21. The van der Waals surface area contributed by atoms with Gasteiger partial charge in [0.2, 0.25) is 0 Å². The predicted molar refractivity (Wildman–Crippen MR) is 70.7 cm³/mol. The normalized spacial score (nSPS) is 13.6. The molecule has 0 bridgehead atoms. The number of unbranched alkanes of at least 4 members (excludes halogenated alkanes) is 1. The van der Waals surface area contributed by atoms with E-state index < -0.39 is 0 Å². The third-order valence-corrected chi connectivity index (χ3v) is 3.29. The molecule has 1 heterocycles. The summed E-state index contributed by atoms with van der Waals surface area (Å²) in [5, 5.41) is 2.95. The molecule has 0 radical (unpaired) electrons. The fourth-order valence-electron chi connectivity index (χ4n) is 2.19. The number of carbonyl (C=O) groups is 1. The zero-order chi connectivity index (χ0) is 12.3. The van der Waals surface area contributed by atoms with Crippen molar-refractivity contribution in [3.63, 3.8) is 0 Å². The number of carbonyl (C=O) groups excluding carboxylic acids is 1. The first-order chi connectivity index (χ1) is 8.22. The number of fused-ring (bicyclic) bond motifs is 1. The molecule has 1 N–H and O–H groups in total. The minimum absolute atomic E-state index is 0.0517. The molecule has 0 fully saturated rings. The van der Waals surface area contributed by atoms with Gasteiger partial charge in [-0.25, -0.2) is 0 Å². The maximum Gasteiger partial charge on any atom is 0.251 e. The molecule has 3 nitrogen and oxygen atoms in total. The Hall–Kier alpha value is -1.51. The Labute approximate surface area is 103 Å². The topological polar surface area (TPSA) is 32.3 Å². The van der Waals surface area contributed by atoms with E-state index in [4.69, 9.17) is 0 Å². The average Bonchev–Trinajstić information content (AvgIpc) is 2.71. The highest BCUT2D eigenvalue weighted by atomic mass is 16.1. The predicted octanol–water partition coefficient (Wildman–Crippen LogP) is 2.21. The molecule has 1 aromatic rings. The molecule has 0 spiro atoms. The van der Waals surface area contributed by atoms with E-state index in [9.17, 15) is 4.79 Å². The van der Waals surface area contributed by atoms with E-state index in [0.29, 0.717) is 0 Å². The van der Waals surface area contributed by atoms with Crippen molar-refractivity contribution in [3.05, 3.63) is 29.3 Å². The highest BCUT2D eigenvalue weighted by Gasteiger charge is 2.17. The van der Waals surface area contributed by atoms with Crippen molar-refractivity contribution in [1.29, 1.82) is 0 Å². The Kier molecular flexibility index (Phi) is 3.67. The smallest absolute Gasteiger partial charge is 0.251 e. The summed E-state index contributed by atoms with van der Waals surface area (Å²) in [6.07, 6.45) is 3.19. The molecule has 1 amide bonds. The summed E-state index contributed by atoms with van der Waals surface area (Å²) in [5.41, 5.74) is 3.33. The van der Waals surface area contributed by atoms with Gasteiger partial charge in [0.1, 0.15) is 0 Å². The van der Waals surface area contributed by atoms with Gasteiger partial charge >= 0.3 is 0 Å². The molecule has 0 atom stereocenters. The molecule has 0 saturated carbocycles. The summed E-state index contributed by atoms with van der Waals surface area (Å²) in [7, 11) is 2.09. The maximum absolute atomic E-state index is 11.9. The van der Waals surface area contributed by atoms with Crippen molar-refractivity contribution < 1.29 is 4.79 Å². The summed E-state index contributed by atoms with van der Waals surface area (Å²) >= 11 is 0. The molecule has 0 aromatic heterocycles. The van der Waals surface area contributed by atoms with Gasteiger partial charge in [0.25, 0.3) is 5.91 Å². The Morgan fingerprint density at radius 1 is 1.47 bits per heavy atom. The minimum atomic E-state index is 0.0517. The van der Waals surface area contributed by atoms with E-state index in [1.54, 1.807) is 0 Å². The number of hydrogen-bond donors (Lipinski definition) is 1. The molecule has 92 valence electrons. The van der Waals surface area contributed by atoms with Gasteiger partial charge in [-0.3, -0.25) is 4.79 Å². The number of amides is 1. The van der Waals surface area contributed by atoms with Crippen LogP contribution in [0.15, 0.2) is 18.2 Å². The van der Waals surface area contributed by atoms with Crippen molar-refractivity contribution in [2.24, 2.45) is 0 Å². The standard InChI is InChI=1S/C14H20N2O/c1-3-4-8-15-14(17)12-5-6-13-11(10-12)7-9-16(13)2/h5-6,10H,3-4,7-9H2,1-2H3,(H,15,17). The third-order valence-electron chi connectivity index (χ3n) is 3.29. The zero-order valence-electron chi connectivity index (χ0n) is 10.6. The first kappa shape index (κ1) is 12.0. The molecule has 1 aliphatic rings. The Morgan fingerprint density at radius 2 is 2.29 bits per heavy atom. The molecule has 17 heavy (non-hydrogen) atoms. The van der Waals surface area contributed by atoms with Crippen LogP contribution in [0.1, 0.15) is 35.7 Å². The van der Waals surface area contributed by atoms with Crippen molar-refractivity contribution in [2.45, 2.75) is 26.2 Å². The van der Waals surface area contributed by atoms with E-state index in [-0.39, 0.29) is 5.91 Å². The zero-order valence-corrected chi connectivity index (χ0v) is 10.6. The summed E-state index contributed by atoms with van der Waals surface area (Å²) in [5.74, 6) is 0.0517. The van der Waals surface area contributed by atoms with Crippen LogP contribution < -0.4 is 10.2 Å². The number of anilines is 1. The van der Waals surface area contributed by atoms with E-state index >= 15 is 0 Å². The molecule has 0 saturated heterocycles. The van der Waals surface area contributed by atoms with Gasteiger partial charge in [0, 0.05) is 31.4 Å². The van der Waals surface area contributed by atoms with Crippen LogP contribution in [0.2, 0.25) is 0 Å². The van der Waals surface area contributed by atoms with Crippen LogP contribution in [0.3, 0.4) is 0 Å². The van der Waals surface area contributed by atoms with Crippen LogP contribution in [-0.2, 0) is 6.42 Å². The van der Waals surface area contributed by atoms with Gasteiger partial charge in [0.15, 0.2) is 0 Å². The number of nitrogens with one attached hydrogen (secondary N) is 1. The van der Waals surface area contributed by atoms with Crippen LogP contribution in [0.4, 0.5) is 5.69 Å². The third kappa shape index (κ3) is 2.60. The Balaban J connectivity index is 2.05. The lowest BCUT2D eigenvalue weighted by atomic mass is 10.1. The number of benzene rings is 1. The molecule has 1 aromatic carbocycles. The number of likely N-dealkylation sites (N-methyl/N-ethyl adjacent to an activating group) is 1. The van der Waals surface area contributed by atoms with Crippen LogP contribution in [-0.4, -0.2) is 26.0 Å². The van der Waals surface area contributed by atoms with Gasteiger partial charge in [-0.05, 0) is 36.6 Å². The van der Waals surface area contributed by atoms with Gasteiger partial charge in [-0.15, -0.1) is 0 Å². The highest BCUT2D eigenvalue weighted by Crippen LogP contribution is 2.27. The van der Waals surface area contributed by atoms with Gasteiger partial charge in [-0.1, -0.05) is 13.3 Å². The van der Waals surface area contributed by atoms with E-state index in [1.165, 1.54) is 11.3 Å². The van der Waals surface area contributed by atoms with E-state index in [1.807, 2.05) is 12.1 Å². The van der Waals surface area contributed by atoms with Crippen molar-refractivity contribution in [2.75, 3.05) is 25.0 Å². The molecular weight excluding hydrogens is 212 g/mol. The van der Waals surface area contributed by atoms with Gasteiger partial charge < -0.3 is 10.2 Å². The Morgan fingerprint density at radius 3 is 3.06 bits per heavy atom. The average molecular weight is 232 g/mol. The summed E-state index contributed by atoms with van der Waals surface area (Å²) < 4.78 is 0. The highest BCUT2D eigenvalue weighted by molar-refractivity contribution is 5.95. The van der Waals surface area contributed by atoms with E-state index in [0.717, 1.165) is 37.9 Å². The van der Waals surface area contributed by atoms with Crippen molar-refractivity contribution in [3.8, 4) is 0 Å². The lowest BCUT2D eigenvalue weighted by molar-refractivity contribution is 0.0953. The first-order valence-electron chi connectivity index (χ1n) is 6.34. The SMILES string of the molecule is CCCCNC(=O)c1ccc2c(c1)CCN2C. The minimum Gasteiger partial charge on any atom is -0.374 e. The fraction of sp³-hybridized carbons (Fsp3) is 0.500. The monoisotopic (exact) mass is 232 g/mol. The maximum atomic E-state index is 11.9. The lowest BCUT2D eigenvalue weighted by Gasteiger charge is -2.12. The molecule has 3 heteroatoms. The van der Waals surface area contributed by atoms with Crippen LogP contribution in [0.25, 0.3) is 0 Å². The second-order valence-corrected chi connectivity index (χ2v) is 4.62. The molecule has 1 aliphatic heterocycles. The largest absolute Gasteiger partial charge is 0.374 e. The lowest BCUT2D eigenvalue weighted by Crippen LogP contribution is -2.24. The van der Waals surface area contributed by atoms with Gasteiger partial charge in [-0.2, -0.15) is 0 Å². The Bertz CT molecular complexity index is 415. The quantitative estimate of drug-likeness (QED) is 0.807.